The third-order valence-corrected chi connectivity index (χ3v) is 9.24. The van der Waals surface area contributed by atoms with Crippen LogP contribution in [-0.2, 0) is 57.1 Å². The molecule has 49 heavy (non-hydrogen) atoms. The molecule has 0 radical (unpaired) electrons. The Kier molecular flexibility index (Phi) is 32.1. The second-order valence-corrected chi connectivity index (χ2v) is 14.3. The lowest BCUT2D eigenvalue weighted by molar-refractivity contribution is -0.129. The Hall–Kier alpha value is -0.980. The normalized spacial score (nSPS) is 13.5. The van der Waals surface area contributed by atoms with Crippen molar-refractivity contribution in [2.45, 2.75) is 75.7 Å². The van der Waals surface area contributed by atoms with Crippen LogP contribution in [0.5, 0.6) is 0 Å². The fraction of sp³-hybridized carbons (Fsp3) is 0.882. The van der Waals surface area contributed by atoms with E-state index in [4.69, 9.17) is 43.6 Å². The molecule has 15 heteroatoms. The maximum Gasteiger partial charge on any atom is 0.159 e. The van der Waals surface area contributed by atoms with Gasteiger partial charge in [0.1, 0.15) is 21.9 Å². The number of hydrogen-bond donors (Lipinski definition) is 1. The molecule has 1 saturated heterocycles. The standard InChI is InChI=1S/C34H61NO12S2/c1-29(36)6-4-12-40-16-20-44-24-26-46-22-18-42-14-9-31(37)28-30(7-2-3-11-35)32(38)8-5-13-41-17-21-45-25-27-47-23-19-43-15-10-33(39)34-48-49-34/h30,34H,2-28,35H2,1H3. The Balaban J connectivity index is 1.97. The van der Waals surface area contributed by atoms with Gasteiger partial charge in [0.25, 0.3) is 0 Å². The van der Waals surface area contributed by atoms with E-state index in [0.29, 0.717) is 144 Å². The topological polar surface area (TPSA) is 168 Å². The summed E-state index contributed by atoms with van der Waals surface area (Å²) < 4.78 is 43.9. The minimum absolute atomic E-state index is 0.0210. The van der Waals surface area contributed by atoms with E-state index in [-0.39, 0.29) is 46.5 Å². The lowest BCUT2D eigenvalue weighted by Crippen LogP contribution is -2.20. The van der Waals surface area contributed by atoms with Crippen molar-refractivity contribution in [3.63, 3.8) is 0 Å². The molecule has 0 amide bonds. The highest BCUT2D eigenvalue weighted by atomic mass is 33.2. The van der Waals surface area contributed by atoms with E-state index in [0.717, 1.165) is 19.3 Å². The Bertz CT molecular complexity index is 850. The molecule has 1 atom stereocenters. The Morgan fingerprint density at radius 3 is 1.41 bits per heavy atom. The number of rotatable bonds is 40. The summed E-state index contributed by atoms with van der Waals surface area (Å²) in [5.41, 5.74) is 5.63. The van der Waals surface area contributed by atoms with E-state index in [1.165, 1.54) is 0 Å². The third-order valence-electron chi connectivity index (χ3n) is 7.17. The van der Waals surface area contributed by atoms with Crippen molar-refractivity contribution in [2.75, 3.05) is 112 Å². The van der Waals surface area contributed by atoms with Gasteiger partial charge in [-0.2, -0.15) is 0 Å². The van der Waals surface area contributed by atoms with Crippen molar-refractivity contribution < 1.29 is 57.1 Å². The van der Waals surface area contributed by atoms with Crippen molar-refractivity contribution in [3.05, 3.63) is 0 Å². The summed E-state index contributed by atoms with van der Waals surface area (Å²) in [5.74, 6) is 0.220. The molecule has 1 rings (SSSR count). The van der Waals surface area contributed by atoms with Crippen LogP contribution in [0.25, 0.3) is 0 Å². The average Bonchev–Trinajstić information content (AvgIpc) is 3.93. The van der Waals surface area contributed by atoms with Crippen LogP contribution in [0.4, 0.5) is 0 Å². The summed E-state index contributed by atoms with van der Waals surface area (Å²) in [6, 6.07) is 0. The SMILES string of the molecule is CC(=O)CCCOCCOCCOCCOCCC(=O)CC(CCCCN)C(=O)CCCOCCOCCOCCOCCC(=O)C1SS1. The van der Waals surface area contributed by atoms with E-state index >= 15 is 0 Å². The molecule has 1 heterocycles. The largest absolute Gasteiger partial charge is 0.379 e. The van der Waals surface area contributed by atoms with Crippen LogP contribution < -0.4 is 5.73 Å². The van der Waals surface area contributed by atoms with Crippen LogP contribution in [-0.4, -0.2) is 140 Å². The quantitative estimate of drug-likeness (QED) is 0.0549. The first-order valence-electron chi connectivity index (χ1n) is 17.6. The van der Waals surface area contributed by atoms with Gasteiger partial charge in [0.15, 0.2) is 5.78 Å². The van der Waals surface area contributed by atoms with E-state index < -0.39 is 0 Å². The van der Waals surface area contributed by atoms with Gasteiger partial charge in [0, 0.05) is 51.2 Å². The first kappa shape index (κ1) is 46.0. The van der Waals surface area contributed by atoms with Gasteiger partial charge in [-0.25, -0.2) is 0 Å². The average molecular weight is 740 g/mol. The first-order valence-corrected chi connectivity index (χ1v) is 19.9. The number of ketones is 4. The van der Waals surface area contributed by atoms with Gasteiger partial charge in [-0.05, 0) is 39.2 Å². The van der Waals surface area contributed by atoms with Crippen LogP contribution in [0.3, 0.4) is 0 Å². The molecular formula is C34H61NO12S2. The van der Waals surface area contributed by atoms with E-state index in [9.17, 15) is 19.2 Å². The summed E-state index contributed by atoms with van der Waals surface area (Å²) >= 11 is 0. The number of unbranched alkanes of at least 4 members (excludes halogenated alkanes) is 1. The van der Waals surface area contributed by atoms with Crippen molar-refractivity contribution in [2.24, 2.45) is 11.7 Å². The summed E-state index contributed by atoms with van der Waals surface area (Å²) in [6.07, 6.45) is 5.48. The fourth-order valence-corrected chi connectivity index (χ4v) is 5.72. The van der Waals surface area contributed by atoms with Gasteiger partial charge < -0.3 is 48.4 Å². The molecule has 0 saturated carbocycles. The van der Waals surface area contributed by atoms with E-state index in [1.54, 1.807) is 28.5 Å². The van der Waals surface area contributed by atoms with Crippen molar-refractivity contribution in [1.29, 1.82) is 0 Å². The number of carbonyl (C=O) groups excluding carboxylic acids is 4. The molecule has 0 aromatic heterocycles. The smallest absolute Gasteiger partial charge is 0.159 e. The molecule has 2 N–H and O–H groups in total. The fourth-order valence-electron chi connectivity index (χ4n) is 4.40. The number of hydrogen-bond acceptors (Lipinski definition) is 15. The second-order valence-electron chi connectivity index (χ2n) is 11.5. The van der Waals surface area contributed by atoms with Gasteiger partial charge >= 0.3 is 0 Å². The van der Waals surface area contributed by atoms with Crippen molar-refractivity contribution >= 4 is 44.7 Å². The summed E-state index contributed by atoms with van der Waals surface area (Å²) in [6.45, 7) is 9.19. The Labute approximate surface area is 300 Å². The number of ether oxygens (including phenoxy) is 8. The molecule has 1 aliphatic heterocycles. The first-order chi connectivity index (χ1) is 23.9. The zero-order chi connectivity index (χ0) is 35.6. The number of Topliss-reactive ketones (excluding diaryl/α,β-unsaturated/α-hetero) is 4. The van der Waals surface area contributed by atoms with Crippen LogP contribution in [0, 0.1) is 5.92 Å². The van der Waals surface area contributed by atoms with Crippen LogP contribution in [0.2, 0.25) is 0 Å². The molecule has 1 aliphatic rings. The molecule has 1 unspecified atom stereocenters. The summed E-state index contributed by atoms with van der Waals surface area (Å²) in [5, 5.41) is 0. The number of carbonyl (C=O) groups is 4. The van der Waals surface area contributed by atoms with Gasteiger partial charge in [-0.15, -0.1) is 0 Å². The predicted molar refractivity (Wildman–Crippen MR) is 190 cm³/mol. The molecule has 0 aromatic carbocycles. The van der Waals surface area contributed by atoms with Crippen LogP contribution in [0.15, 0.2) is 0 Å². The molecule has 286 valence electrons. The molecule has 0 aromatic rings. The molecule has 0 bridgehead atoms. The second kappa shape index (κ2) is 34.1. The highest BCUT2D eigenvalue weighted by molar-refractivity contribution is 8.93. The Morgan fingerprint density at radius 1 is 0.531 bits per heavy atom. The van der Waals surface area contributed by atoms with E-state index in [2.05, 4.69) is 0 Å². The minimum atomic E-state index is -0.300. The highest BCUT2D eigenvalue weighted by Crippen LogP contribution is 2.53. The van der Waals surface area contributed by atoms with E-state index in [1.807, 2.05) is 0 Å². The minimum Gasteiger partial charge on any atom is -0.379 e. The maximum atomic E-state index is 12.9. The van der Waals surface area contributed by atoms with Crippen LogP contribution in [0.1, 0.15) is 71.1 Å². The van der Waals surface area contributed by atoms with Gasteiger partial charge in [0.05, 0.1) is 92.5 Å². The number of nitrogens with two attached hydrogens (primary N) is 1. The van der Waals surface area contributed by atoms with Gasteiger partial charge in [-0.1, -0.05) is 28.0 Å². The summed E-state index contributed by atoms with van der Waals surface area (Å²) in [7, 11) is 3.20. The molecule has 0 aliphatic carbocycles. The maximum absolute atomic E-state index is 12.9. The summed E-state index contributed by atoms with van der Waals surface area (Å²) in [4.78, 5) is 47.9. The molecular weight excluding hydrogens is 679 g/mol. The lowest BCUT2D eigenvalue weighted by Gasteiger charge is -2.15. The zero-order valence-corrected chi connectivity index (χ0v) is 31.2. The monoisotopic (exact) mass is 739 g/mol. The van der Waals surface area contributed by atoms with Crippen molar-refractivity contribution in [3.8, 4) is 0 Å². The molecule has 13 nitrogen and oxygen atoms in total. The van der Waals surface area contributed by atoms with Crippen LogP contribution >= 0.6 is 21.6 Å². The van der Waals surface area contributed by atoms with Gasteiger partial charge in [-0.3, -0.25) is 14.4 Å². The highest BCUT2D eigenvalue weighted by Gasteiger charge is 2.31. The molecule has 0 spiro atoms. The molecule has 1 fully saturated rings. The lowest BCUT2D eigenvalue weighted by atomic mass is 9.89. The third kappa shape index (κ3) is 31.5. The van der Waals surface area contributed by atoms with Crippen molar-refractivity contribution in [1.82, 2.24) is 0 Å². The van der Waals surface area contributed by atoms with Gasteiger partial charge in [0.2, 0.25) is 0 Å². The Morgan fingerprint density at radius 2 is 0.959 bits per heavy atom. The zero-order valence-electron chi connectivity index (χ0n) is 29.5. The predicted octanol–water partition coefficient (Wildman–Crippen LogP) is 3.61.